The summed E-state index contributed by atoms with van der Waals surface area (Å²) in [5, 5.41) is 0. The molecule has 0 saturated heterocycles. The summed E-state index contributed by atoms with van der Waals surface area (Å²) in [5.74, 6) is -0.281. The maximum Gasteiger partial charge on any atom is 0.178 e. The number of nitrogens with zero attached hydrogens (tertiary/aromatic N) is 1. The average molecular weight is 345 g/mol. The number of fused-ring (bicyclic) bond motifs is 1. The van der Waals surface area contributed by atoms with Crippen molar-refractivity contribution in [2.45, 2.75) is 31.9 Å². The van der Waals surface area contributed by atoms with Gasteiger partial charge >= 0.3 is 0 Å². The first-order chi connectivity index (χ1) is 9.10. The number of aromatic amines is 1. The largest absolute Gasteiger partial charge is 0.378 e. The van der Waals surface area contributed by atoms with E-state index in [4.69, 9.17) is 17.0 Å². The molecular weight excluding hydrogens is 331 g/mol. The van der Waals surface area contributed by atoms with Crippen molar-refractivity contribution in [2.75, 3.05) is 6.61 Å². The van der Waals surface area contributed by atoms with Crippen LogP contribution in [0.5, 0.6) is 0 Å². The Morgan fingerprint density at radius 2 is 2.26 bits per heavy atom. The third-order valence-corrected chi connectivity index (χ3v) is 4.50. The van der Waals surface area contributed by atoms with Gasteiger partial charge in [0.25, 0.3) is 0 Å². The fraction of sp³-hybridized carbons (Fsp3) is 0.462. The SMILES string of the molecule is CCOC1CC(n2c(=S)[nH]c3cc(F)c(Br)cc32)C1. The number of H-pyrrole nitrogens is 1. The Morgan fingerprint density at radius 1 is 1.53 bits per heavy atom. The molecule has 0 spiro atoms. The summed E-state index contributed by atoms with van der Waals surface area (Å²) in [4.78, 5) is 3.07. The zero-order chi connectivity index (χ0) is 13.6. The van der Waals surface area contributed by atoms with Crippen LogP contribution in [0.15, 0.2) is 16.6 Å². The lowest BCUT2D eigenvalue weighted by Crippen LogP contribution is -2.33. The number of hydrogen-bond acceptors (Lipinski definition) is 2. The van der Waals surface area contributed by atoms with Crippen LogP contribution in [0.4, 0.5) is 4.39 Å². The zero-order valence-corrected chi connectivity index (χ0v) is 12.9. The molecule has 0 unspecified atom stereocenters. The number of nitrogens with one attached hydrogen (secondary N) is 1. The Bertz CT molecular complexity index is 675. The van der Waals surface area contributed by atoms with E-state index < -0.39 is 0 Å². The van der Waals surface area contributed by atoms with Gasteiger partial charge in [0.15, 0.2) is 4.77 Å². The quantitative estimate of drug-likeness (QED) is 0.839. The smallest absolute Gasteiger partial charge is 0.178 e. The van der Waals surface area contributed by atoms with Crippen LogP contribution >= 0.6 is 28.1 Å². The van der Waals surface area contributed by atoms with Crippen molar-refractivity contribution in [3.8, 4) is 0 Å². The van der Waals surface area contributed by atoms with Gasteiger partial charge in [0.2, 0.25) is 0 Å². The first-order valence-corrected chi connectivity index (χ1v) is 7.51. The van der Waals surface area contributed by atoms with Gasteiger partial charge in [-0.2, -0.15) is 0 Å². The summed E-state index contributed by atoms with van der Waals surface area (Å²) in [5.41, 5.74) is 1.68. The number of aromatic nitrogens is 2. The second kappa shape index (κ2) is 5.00. The van der Waals surface area contributed by atoms with Gasteiger partial charge in [-0.1, -0.05) is 0 Å². The van der Waals surface area contributed by atoms with Crippen LogP contribution in [0.25, 0.3) is 11.0 Å². The standard InChI is InChI=1S/C13H14BrFN2OS/c1-2-18-8-3-7(4-8)17-12-5-9(14)10(15)6-11(12)16-13(17)19/h5-8H,2-4H2,1H3,(H,16,19). The molecule has 1 saturated carbocycles. The molecule has 3 rings (SSSR count). The van der Waals surface area contributed by atoms with Gasteiger partial charge in [0.1, 0.15) is 5.82 Å². The van der Waals surface area contributed by atoms with Gasteiger partial charge in [-0.25, -0.2) is 4.39 Å². The van der Waals surface area contributed by atoms with Crippen LogP contribution in [0.1, 0.15) is 25.8 Å². The van der Waals surface area contributed by atoms with Gasteiger partial charge < -0.3 is 14.3 Å². The number of benzene rings is 1. The summed E-state index contributed by atoms with van der Waals surface area (Å²) in [6, 6.07) is 3.60. The van der Waals surface area contributed by atoms with E-state index in [1.807, 2.05) is 6.92 Å². The average Bonchev–Trinajstić information content (AvgIpc) is 2.60. The monoisotopic (exact) mass is 344 g/mol. The van der Waals surface area contributed by atoms with Crippen molar-refractivity contribution < 1.29 is 9.13 Å². The van der Waals surface area contributed by atoms with Gasteiger partial charge in [-0.3, -0.25) is 0 Å². The molecule has 102 valence electrons. The highest BCUT2D eigenvalue weighted by Crippen LogP contribution is 2.37. The van der Waals surface area contributed by atoms with Crippen LogP contribution in [0.2, 0.25) is 0 Å². The molecule has 0 aliphatic heterocycles. The Hall–Kier alpha value is -0.720. The molecule has 0 radical (unpaired) electrons. The van der Waals surface area contributed by atoms with E-state index in [9.17, 15) is 4.39 Å². The Morgan fingerprint density at radius 3 is 2.95 bits per heavy atom. The highest BCUT2D eigenvalue weighted by Gasteiger charge is 2.32. The minimum atomic E-state index is -0.281. The molecule has 1 aromatic heterocycles. The maximum atomic E-state index is 13.5. The summed E-state index contributed by atoms with van der Waals surface area (Å²) in [7, 11) is 0. The molecule has 1 N–H and O–H groups in total. The van der Waals surface area contributed by atoms with E-state index >= 15 is 0 Å². The van der Waals surface area contributed by atoms with Crippen molar-refractivity contribution in [3.63, 3.8) is 0 Å². The molecule has 1 aliphatic carbocycles. The van der Waals surface area contributed by atoms with Crippen molar-refractivity contribution in [2.24, 2.45) is 0 Å². The highest BCUT2D eigenvalue weighted by atomic mass is 79.9. The van der Waals surface area contributed by atoms with Crippen molar-refractivity contribution in [1.29, 1.82) is 0 Å². The molecule has 1 aromatic carbocycles. The van der Waals surface area contributed by atoms with Crippen LogP contribution in [-0.2, 0) is 4.74 Å². The van der Waals surface area contributed by atoms with Crippen LogP contribution < -0.4 is 0 Å². The number of hydrogen-bond donors (Lipinski definition) is 1. The summed E-state index contributed by atoms with van der Waals surface area (Å²) >= 11 is 8.57. The summed E-state index contributed by atoms with van der Waals surface area (Å²) in [6.45, 7) is 2.75. The van der Waals surface area contributed by atoms with Crippen LogP contribution in [0, 0.1) is 10.6 Å². The van der Waals surface area contributed by atoms with E-state index in [-0.39, 0.29) is 5.82 Å². The normalized spacial score (nSPS) is 22.7. The van der Waals surface area contributed by atoms with Crippen molar-refractivity contribution >= 4 is 39.2 Å². The Labute approximate surface area is 123 Å². The molecule has 19 heavy (non-hydrogen) atoms. The van der Waals surface area contributed by atoms with Crippen LogP contribution in [-0.4, -0.2) is 22.3 Å². The lowest BCUT2D eigenvalue weighted by atomic mass is 9.89. The molecular formula is C13H14BrFN2OS. The van der Waals surface area contributed by atoms with Crippen LogP contribution in [0.3, 0.4) is 0 Å². The molecule has 1 aliphatic rings. The molecule has 6 heteroatoms. The van der Waals surface area contributed by atoms with Gasteiger partial charge in [0.05, 0.1) is 21.6 Å². The maximum absolute atomic E-state index is 13.5. The Kier molecular flexibility index (Phi) is 3.49. The number of halogens is 2. The Balaban J connectivity index is 1.98. The van der Waals surface area contributed by atoms with Gasteiger partial charge in [0, 0.05) is 18.7 Å². The lowest BCUT2D eigenvalue weighted by molar-refractivity contribution is -0.0190. The summed E-state index contributed by atoms with van der Waals surface area (Å²) in [6.07, 6.45) is 2.25. The van der Waals surface area contributed by atoms with Gasteiger partial charge in [-0.05, 0) is 54.0 Å². The zero-order valence-electron chi connectivity index (χ0n) is 10.5. The first-order valence-electron chi connectivity index (χ1n) is 6.31. The number of ether oxygens (including phenoxy) is 1. The molecule has 1 fully saturated rings. The third kappa shape index (κ3) is 2.26. The highest BCUT2D eigenvalue weighted by molar-refractivity contribution is 9.10. The van der Waals surface area contributed by atoms with Gasteiger partial charge in [-0.15, -0.1) is 0 Å². The predicted octanol–water partition coefficient (Wildman–Crippen LogP) is 4.34. The van der Waals surface area contributed by atoms with E-state index in [1.165, 1.54) is 6.07 Å². The van der Waals surface area contributed by atoms with E-state index in [1.54, 1.807) is 6.07 Å². The van der Waals surface area contributed by atoms with E-state index in [0.717, 1.165) is 30.5 Å². The van der Waals surface area contributed by atoms with E-state index in [0.29, 0.717) is 21.4 Å². The molecule has 0 bridgehead atoms. The molecule has 2 aromatic rings. The molecule has 3 nitrogen and oxygen atoms in total. The molecule has 0 amide bonds. The van der Waals surface area contributed by atoms with E-state index in [2.05, 4.69) is 25.5 Å². The topological polar surface area (TPSA) is 29.9 Å². The fourth-order valence-electron chi connectivity index (χ4n) is 2.60. The van der Waals surface area contributed by atoms with Crippen molar-refractivity contribution in [3.05, 3.63) is 27.2 Å². The first kappa shape index (κ1) is 13.3. The second-order valence-corrected chi connectivity index (χ2v) is 6.03. The molecule has 1 heterocycles. The summed E-state index contributed by atoms with van der Waals surface area (Å²) < 4.78 is 22.3. The molecule has 0 atom stereocenters. The minimum Gasteiger partial charge on any atom is -0.378 e. The van der Waals surface area contributed by atoms with Crippen molar-refractivity contribution in [1.82, 2.24) is 9.55 Å². The lowest BCUT2D eigenvalue weighted by Gasteiger charge is -2.36. The third-order valence-electron chi connectivity index (χ3n) is 3.60. The second-order valence-electron chi connectivity index (χ2n) is 4.79. The fourth-order valence-corrected chi connectivity index (χ4v) is 3.29. The number of imidazole rings is 1. The minimum absolute atomic E-state index is 0.281. The predicted molar refractivity (Wildman–Crippen MR) is 78.5 cm³/mol. The number of rotatable bonds is 3.